The van der Waals surface area contributed by atoms with E-state index in [1.165, 1.54) is 6.33 Å². The van der Waals surface area contributed by atoms with Crippen LogP contribution in [0.4, 0.5) is 0 Å². The molecule has 0 saturated heterocycles. The molecule has 14 heavy (non-hydrogen) atoms. The average Bonchev–Trinajstić information content (AvgIpc) is 2.75. The highest BCUT2D eigenvalue weighted by atomic mass is 15.2. The molecule has 3 aliphatic rings. The van der Waals surface area contributed by atoms with E-state index in [1.54, 1.807) is 12.4 Å². The van der Waals surface area contributed by atoms with Gasteiger partial charge in [-0.15, -0.1) is 10.2 Å². The third kappa shape index (κ3) is 0.972. The van der Waals surface area contributed by atoms with Crippen LogP contribution in [0.15, 0.2) is 24.8 Å². The summed E-state index contributed by atoms with van der Waals surface area (Å²) in [5.41, 5.74) is 1.71. The number of fused-ring (bicyclic) bond motifs is 2. The molecular formula is C8H4N6. The fourth-order valence-electron chi connectivity index (χ4n) is 1.23. The molecule has 0 aromatic heterocycles. The van der Waals surface area contributed by atoms with E-state index in [-0.39, 0.29) is 0 Å². The van der Waals surface area contributed by atoms with Crippen LogP contribution in [0.25, 0.3) is 22.8 Å². The van der Waals surface area contributed by atoms with Gasteiger partial charge in [-0.05, 0) is 6.07 Å². The summed E-state index contributed by atoms with van der Waals surface area (Å²) in [6.45, 7) is 0. The lowest BCUT2D eigenvalue weighted by Crippen LogP contribution is -1.85. The van der Waals surface area contributed by atoms with Crippen molar-refractivity contribution in [3.63, 3.8) is 0 Å². The summed E-state index contributed by atoms with van der Waals surface area (Å²) in [7, 11) is 0. The highest BCUT2D eigenvalue weighted by Gasteiger charge is 2.09. The maximum atomic E-state index is 4.02. The molecule has 3 rings (SSSR count). The van der Waals surface area contributed by atoms with Crippen LogP contribution >= 0.6 is 0 Å². The smallest absolute Gasteiger partial charge is 0.184 e. The Kier molecular flexibility index (Phi) is 1.35. The van der Waals surface area contributed by atoms with Crippen LogP contribution < -0.4 is 0 Å². The van der Waals surface area contributed by atoms with Gasteiger partial charge in [0.15, 0.2) is 11.6 Å². The summed E-state index contributed by atoms with van der Waals surface area (Å²) >= 11 is 0. The van der Waals surface area contributed by atoms with Gasteiger partial charge in [0.25, 0.3) is 0 Å². The zero-order valence-electron chi connectivity index (χ0n) is 6.99. The summed E-state index contributed by atoms with van der Waals surface area (Å²) in [4.78, 5) is 8.04. The number of nitrogens with zero attached hydrogens (tertiary/aromatic N) is 6. The van der Waals surface area contributed by atoms with Gasteiger partial charge in [0.05, 0.1) is 12.4 Å². The van der Waals surface area contributed by atoms with E-state index in [0.29, 0.717) is 11.6 Å². The first-order valence-corrected chi connectivity index (χ1v) is 3.98. The van der Waals surface area contributed by atoms with Gasteiger partial charge in [0.1, 0.15) is 6.33 Å². The van der Waals surface area contributed by atoms with E-state index in [2.05, 4.69) is 30.4 Å². The summed E-state index contributed by atoms with van der Waals surface area (Å²) in [5, 5.41) is 15.2. The van der Waals surface area contributed by atoms with Crippen LogP contribution in [0, 0.1) is 0 Å². The minimum Gasteiger partial charge on any atom is -0.215 e. The van der Waals surface area contributed by atoms with Gasteiger partial charge in [0.2, 0.25) is 0 Å². The highest BCUT2D eigenvalue weighted by molar-refractivity contribution is 5.63. The predicted octanol–water partition coefficient (Wildman–Crippen LogP) is 0.266. The van der Waals surface area contributed by atoms with Gasteiger partial charge < -0.3 is 0 Å². The molecule has 0 spiro atoms. The van der Waals surface area contributed by atoms with Crippen molar-refractivity contribution in [2.75, 3.05) is 0 Å². The molecule has 0 aromatic rings. The highest BCUT2D eigenvalue weighted by Crippen LogP contribution is 2.19. The van der Waals surface area contributed by atoms with E-state index in [9.17, 15) is 0 Å². The quantitative estimate of drug-likeness (QED) is 0.499. The Labute approximate surface area is 78.8 Å². The predicted molar refractivity (Wildman–Crippen MR) is 46.5 cm³/mol. The van der Waals surface area contributed by atoms with Gasteiger partial charge in [-0.1, -0.05) is 0 Å². The Hall–Kier alpha value is -2.24. The van der Waals surface area contributed by atoms with E-state index in [4.69, 9.17) is 0 Å². The van der Waals surface area contributed by atoms with Crippen LogP contribution in [0.2, 0.25) is 0 Å². The normalized spacial score (nSPS) is 10.9. The van der Waals surface area contributed by atoms with Gasteiger partial charge in [0, 0.05) is 11.1 Å². The molecule has 0 atom stereocenters. The summed E-state index contributed by atoms with van der Waals surface area (Å²) in [5.74, 6) is 1.14. The van der Waals surface area contributed by atoms with Crippen molar-refractivity contribution >= 4 is 0 Å². The lowest BCUT2D eigenvalue weighted by Gasteiger charge is -1.92. The first kappa shape index (κ1) is 7.19. The lowest BCUT2D eigenvalue weighted by atomic mass is 10.2. The molecule has 0 radical (unpaired) electrons. The van der Waals surface area contributed by atoms with Gasteiger partial charge in [-0.25, -0.2) is 9.97 Å². The largest absolute Gasteiger partial charge is 0.215 e. The Balaban J connectivity index is 2.37. The molecule has 0 aliphatic carbocycles. The second kappa shape index (κ2) is 2.63. The zero-order valence-corrected chi connectivity index (χ0v) is 6.99. The van der Waals surface area contributed by atoms with Crippen molar-refractivity contribution in [1.82, 2.24) is 30.4 Å². The van der Waals surface area contributed by atoms with Crippen LogP contribution in [0.3, 0.4) is 0 Å². The van der Waals surface area contributed by atoms with Crippen LogP contribution in [0.1, 0.15) is 0 Å². The molecule has 0 N–H and O–H groups in total. The lowest BCUT2D eigenvalue weighted by molar-refractivity contribution is 1.03. The van der Waals surface area contributed by atoms with Gasteiger partial charge >= 0.3 is 0 Å². The van der Waals surface area contributed by atoms with E-state index in [1.807, 2.05) is 6.07 Å². The second-order valence-electron chi connectivity index (χ2n) is 2.77. The van der Waals surface area contributed by atoms with Crippen molar-refractivity contribution in [2.24, 2.45) is 0 Å². The Morgan fingerprint density at radius 3 is 1.93 bits per heavy atom. The molecule has 0 bridgehead atoms. The fourth-order valence-corrected chi connectivity index (χ4v) is 1.23. The van der Waals surface area contributed by atoms with Crippen molar-refractivity contribution in [3.05, 3.63) is 24.8 Å². The minimum atomic E-state index is 0.570. The van der Waals surface area contributed by atoms with E-state index in [0.717, 1.165) is 11.1 Å². The van der Waals surface area contributed by atoms with Crippen molar-refractivity contribution in [1.29, 1.82) is 0 Å². The molecule has 0 amide bonds. The topological polar surface area (TPSA) is 77.3 Å². The van der Waals surface area contributed by atoms with Crippen molar-refractivity contribution < 1.29 is 0 Å². The van der Waals surface area contributed by atoms with Crippen LogP contribution in [-0.2, 0) is 0 Å². The molecule has 6 nitrogen and oxygen atoms in total. The molecular weight excluding hydrogens is 180 g/mol. The molecule has 3 aliphatic heterocycles. The number of hydrogen-bond acceptors (Lipinski definition) is 6. The van der Waals surface area contributed by atoms with Gasteiger partial charge in [-0.3, -0.25) is 0 Å². The maximum absolute atomic E-state index is 4.02. The average molecular weight is 184 g/mol. The molecule has 0 unspecified atom stereocenters. The molecule has 6 heteroatoms. The summed E-state index contributed by atoms with van der Waals surface area (Å²) < 4.78 is 0. The molecule has 3 heterocycles. The molecule has 66 valence electrons. The first-order chi connectivity index (χ1) is 6.93. The minimum absolute atomic E-state index is 0.570. The third-order valence-corrected chi connectivity index (χ3v) is 1.89. The Bertz CT molecular complexity index is 480. The first-order valence-electron chi connectivity index (χ1n) is 3.98. The monoisotopic (exact) mass is 184 g/mol. The fraction of sp³-hybridized carbons (Fsp3) is 0. The summed E-state index contributed by atoms with van der Waals surface area (Å²) in [6.07, 6.45) is 4.71. The standard InChI is InChI=1S/C8H4N6/c1-5-2-11-13-7(5)9-4-10-8-6(1)3-12-14-8/h1-4H. The maximum Gasteiger partial charge on any atom is 0.184 e. The SMILES string of the molecule is c1nc2nncc-2cc2cnnc-2n1. The molecule has 0 aromatic carbocycles. The van der Waals surface area contributed by atoms with Gasteiger partial charge in [-0.2, -0.15) is 10.2 Å². The van der Waals surface area contributed by atoms with E-state index < -0.39 is 0 Å². The Morgan fingerprint density at radius 1 is 0.786 bits per heavy atom. The third-order valence-electron chi connectivity index (χ3n) is 1.89. The Morgan fingerprint density at radius 2 is 1.36 bits per heavy atom. The molecule has 0 fully saturated rings. The van der Waals surface area contributed by atoms with Crippen LogP contribution in [-0.4, -0.2) is 30.4 Å². The number of rotatable bonds is 0. The van der Waals surface area contributed by atoms with E-state index >= 15 is 0 Å². The van der Waals surface area contributed by atoms with Crippen molar-refractivity contribution in [2.45, 2.75) is 0 Å². The number of hydrogen-bond donors (Lipinski definition) is 0. The molecule has 0 saturated carbocycles. The zero-order chi connectivity index (χ0) is 9.38. The summed E-state index contributed by atoms with van der Waals surface area (Å²) in [6, 6.07) is 1.87. The van der Waals surface area contributed by atoms with Crippen molar-refractivity contribution in [3.8, 4) is 22.8 Å². The van der Waals surface area contributed by atoms with Crippen LogP contribution in [0.5, 0.6) is 0 Å². The number of aromatic nitrogens is 6. The second-order valence-corrected chi connectivity index (χ2v) is 2.77.